The molecule has 2 heterocycles. The fourth-order valence-corrected chi connectivity index (χ4v) is 3.87. The zero-order valence-corrected chi connectivity index (χ0v) is 17.9. The fourth-order valence-electron chi connectivity index (χ4n) is 3.87. The first-order chi connectivity index (χ1) is 15.5. The van der Waals surface area contributed by atoms with E-state index in [-0.39, 0.29) is 16.9 Å². The van der Waals surface area contributed by atoms with E-state index in [9.17, 15) is 14.7 Å². The summed E-state index contributed by atoms with van der Waals surface area (Å²) < 4.78 is 10.7. The van der Waals surface area contributed by atoms with Crippen molar-refractivity contribution in [3.05, 3.63) is 89.3 Å². The Bertz CT molecular complexity index is 1220. The van der Waals surface area contributed by atoms with E-state index in [4.69, 9.17) is 9.47 Å². The number of ketones is 1. The van der Waals surface area contributed by atoms with Crippen molar-refractivity contribution >= 4 is 23.1 Å². The second-order valence-electron chi connectivity index (χ2n) is 7.36. The molecule has 0 aliphatic carbocycles. The van der Waals surface area contributed by atoms with Crippen LogP contribution in [0.4, 0.5) is 5.69 Å². The van der Waals surface area contributed by atoms with Crippen LogP contribution in [0.2, 0.25) is 0 Å². The molecular formula is C25H22N2O5. The van der Waals surface area contributed by atoms with Crippen molar-refractivity contribution < 1.29 is 24.2 Å². The molecule has 1 aliphatic rings. The van der Waals surface area contributed by atoms with Gasteiger partial charge in [0.1, 0.15) is 17.3 Å². The van der Waals surface area contributed by atoms with E-state index in [1.54, 1.807) is 48.8 Å². The van der Waals surface area contributed by atoms with Crippen LogP contribution in [0.25, 0.3) is 5.76 Å². The van der Waals surface area contributed by atoms with Gasteiger partial charge in [0.2, 0.25) is 0 Å². The summed E-state index contributed by atoms with van der Waals surface area (Å²) >= 11 is 0. The lowest BCUT2D eigenvalue weighted by molar-refractivity contribution is -0.132. The van der Waals surface area contributed by atoms with Gasteiger partial charge >= 0.3 is 0 Å². The van der Waals surface area contributed by atoms with Gasteiger partial charge in [0.05, 0.1) is 31.4 Å². The molecule has 1 aliphatic heterocycles. The van der Waals surface area contributed by atoms with Crippen LogP contribution in [0.3, 0.4) is 0 Å². The van der Waals surface area contributed by atoms with E-state index in [2.05, 4.69) is 4.98 Å². The highest BCUT2D eigenvalue weighted by Crippen LogP contribution is 2.43. The molecule has 1 amide bonds. The number of aliphatic hydroxyl groups excluding tert-OH is 1. The average molecular weight is 430 g/mol. The monoisotopic (exact) mass is 430 g/mol. The number of carbonyl (C=O) groups is 2. The summed E-state index contributed by atoms with van der Waals surface area (Å²) in [5.41, 5.74) is 2.29. The summed E-state index contributed by atoms with van der Waals surface area (Å²) in [5.74, 6) is -1.05. The molecule has 1 saturated heterocycles. The second-order valence-corrected chi connectivity index (χ2v) is 7.36. The molecule has 1 aromatic heterocycles. The van der Waals surface area contributed by atoms with Gasteiger partial charge < -0.3 is 14.6 Å². The molecule has 3 aromatic rings. The van der Waals surface area contributed by atoms with Crippen molar-refractivity contribution in [2.45, 2.75) is 13.0 Å². The minimum absolute atomic E-state index is 0.0453. The van der Waals surface area contributed by atoms with Crippen molar-refractivity contribution in [1.29, 1.82) is 0 Å². The van der Waals surface area contributed by atoms with Gasteiger partial charge in [-0.2, -0.15) is 0 Å². The predicted molar refractivity (Wildman–Crippen MR) is 120 cm³/mol. The van der Waals surface area contributed by atoms with Crippen LogP contribution in [-0.2, 0) is 9.59 Å². The number of ether oxygens (including phenoxy) is 2. The largest absolute Gasteiger partial charge is 0.507 e. The third-order valence-electron chi connectivity index (χ3n) is 5.39. The Morgan fingerprint density at radius 3 is 2.50 bits per heavy atom. The van der Waals surface area contributed by atoms with Crippen molar-refractivity contribution in [3.63, 3.8) is 0 Å². The summed E-state index contributed by atoms with van der Waals surface area (Å²) in [5, 5.41) is 11.3. The number of hydrogen-bond donors (Lipinski definition) is 1. The molecular weight excluding hydrogens is 408 g/mol. The van der Waals surface area contributed by atoms with Gasteiger partial charge in [-0.3, -0.25) is 19.5 Å². The molecule has 4 rings (SSSR count). The zero-order valence-electron chi connectivity index (χ0n) is 17.9. The molecule has 0 radical (unpaired) electrons. The summed E-state index contributed by atoms with van der Waals surface area (Å²) in [6, 6.07) is 14.8. The van der Waals surface area contributed by atoms with Crippen molar-refractivity contribution in [2.24, 2.45) is 0 Å². The Kier molecular flexibility index (Phi) is 5.64. The van der Waals surface area contributed by atoms with E-state index in [0.29, 0.717) is 22.7 Å². The molecule has 1 N–H and O–H groups in total. The highest BCUT2D eigenvalue weighted by atomic mass is 16.5. The summed E-state index contributed by atoms with van der Waals surface area (Å²) in [4.78, 5) is 32.0. The lowest BCUT2D eigenvalue weighted by Crippen LogP contribution is -2.29. The third-order valence-corrected chi connectivity index (χ3v) is 5.39. The maximum absolute atomic E-state index is 13.2. The highest BCUT2D eigenvalue weighted by molar-refractivity contribution is 6.51. The molecule has 1 atom stereocenters. The molecule has 7 heteroatoms. The predicted octanol–water partition coefficient (Wildman–Crippen LogP) is 4.03. The molecule has 0 spiro atoms. The number of carbonyl (C=O) groups excluding carboxylic acids is 2. The minimum Gasteiger partial charge on any atom is -0.507 e. The lowest BCUT2D eigenvalue weighted by atomic mass is 9.95. The summed E-state index contributed by atoms with van der Waals surface area (Å²) in [7, 11) is 2.96. The summed E-state index contributed by atoms with van der Waals surface area (Å²) in [6.45, 7) is 1.90. The van der Waals surface area contributed by atoms with Gasteiger partial charge in [-0.25, -0.2) is 0 Å². The van der Waals surface area contributed by atoms with Gasteiger partial charge in [0, 0.05) is 18.1 Å². The molecule has 162 valence electrons. The minimum atomic E-state index is -0.860. The first kappa shape index (κ1) is 21.1. The lowest BCUT2D eigenvalue weighted by Gasteiger charge is -2.25. The number of nitrogens with zero attached hydrogens (tertiary/aromatic N) is 2. The zero-order chi connectivity index (χ0) is 22.8. The van der Waals surface area contributed by atoms with Crippen LogP contribution in [0, 0.1) is 6.92 Å². The van der Waals surface area contributed by atoms with E-state index < -0.39 is 17.7 Å². The van der Waals surface area contributed by atoms with E-state index in [1.807, 2.05) is 25.1 Å². The first-order valence-corrected chi connectivity index (χ1v) is 9.96. The highest BCUT2D eigenvalue weighted by Gasteiger charge is 2.47. The topological polar surface area (TPSA) is 89.0 Å². The smallest absolute Gasteiger partial charge is 0.300 e. The van der Waals surface area contributed by atoms with Crippen molar-refractivity contribution in [2.75, 3.05) is 19.1 Å². The number of anilines is 1. The normalized spacial score (nSPS) is 17.5. The Labute approximate surface area is 185 Å². The number of hydrogen-bond acceptors (Lipinski definition) is 6. The van der Waals surface area contributed by atoms with Crippen LogP contribution in [-0.4, -0.2) is 36.0 Å². The first-order valence-electron chi connectivity index (χ1n) is 9.96. The number of aliphatic hydroxyl groups is 1. The number of methoxy groups -OCH3 is 2. The van der Waals surface area contributed by atoms with Crippen LogP contribution in [0.5, 0.6) is 11.5 Å². The molecule has 7 nitrogen and oxygen atoms in total. The van der Waals surface area contributed by atoms with Gasteiger partial charge in [-0.15, -0.1) is 0 Å². The second kappa shape index (κ2) is 8.55. The number of amides is 1. The molecule has 1 fully saturated rings. The third kappa shape index (κ3) is 3.58. The summed E-state index contributed by atoms with van der Waals surface area (Å²) in [6.07, 6.45) is 3.18. The van der Waals surface area contributed by atoms with Gasteiger partial charge in [0.15, 0.2) is 0 Å². The Morgan fingerprint density at radius 1 is 1.03 bits per heavy atom. The molecule has 0 saturated carbocycles. The van der Waals surface area contributed by atoms with Crippen molar-refractivity contribution in [3.8, 4) is 11.5 Å². The molecule has 32 heavy (non-hydrogen) atoms. The maximum Gasteiger partial charge on any atom is 0.300 e. The number of rotatable bonds is 5. The van der Waals surface area contributed by atoms with E-state index in [0.717, 1.165) is 5.56 Å². The fraction of sp³-hybridized carbons (Fsp3) is 0.160. The molecule has 1 unspecified atom stereocenters. The van der Waals surface area contributed by atoms with E-state index in [1.165, 1.54) is 19.1 Å². The van der Waals surface area contributed by atoms with Crippen LogP contribution in [0.15, 0.2) is 72.6 Å². The Hall–Kier alpha value is -4.13. The van der Waals surface area contributed by atoms with E-state index >= 15 is 0 Å². The van der Waals surface area contributed by atoms with Gasteiger partial charge in [-0.05, 0) is 54.4 Å². The SMILES string of the molecule is COc1ccc(OC)c(/C(O)=C2\C(=O)C(=O)N(c3cccc(C)c3)C2c2cccnc2)c1. The molecule has 2 aromatic carbocycles. The van der Waals surface area contributed by atoms with Crippen molar-refractivity contribution in [1.82, 2.24) is 4.98 Å². The van der Waals surface area contributed by atoms with Gasteiger partial charge in [0.25, 0.3) is 11.7 Å². The van der Waals surface area contributed by atoms with Gasteiger partial charge in [-0.1, -0.05) is 18.2 Å². The standard InChI is InChI=1S/C25H22N2O5/c1-15-6-4-8-17(12-15)27-22(16-7-5-11-26-14-16)21(24(29)25(27)30)23(28)19-13-18(31-2)9-10-20(19)32-3/h4-14,22,28H,1-3H3/b23-21+. The van der Waals surface area contributed by atoms with Crippen LogP contribution < -0.4 is 14.4 Å². The molecule has 0 bridgehead atoms. The average Bonchev–Trinajstić information content (AvgIpc) is 3.09. The van der Waals surface area contributed by atoms with Crippen LogP contribution >= 0.6 is 0 Å². The number of aryl methyl sites for hydroxylation is 1. The number of Topliss-reactive ketones (excluding diaryl/α,β-unsaturated/α-hetero) is 1. The van der Waals surface area contributed by atoms with Crippen LogP contribution in [0.1, 0.15) is 22.7 Å². The number of pyridine rings is 1. The Balaban J connectivity index is 1.98. The Morgan fingerprint density at radius 2 is 1.84 bits per heavy atom. The maximum atomic E-state index is 13.2. The number of benzene rings is 2. The number of aromatic nitrogens is 1. The quantitative estimate of drug-likeness (QED) is 0.373.